The van der Waals surface area contributed by atoms with Gasteiger partial charge in [0.15, 0.2) is 0 Å². The van der Waals surface area contributed by atoms with Gasteiger partial charge in [0.1, 0.15) is 5.02 Å². The summed E-state index contributed by atoms with van der Waals surface area (Å²) in [6, 6.07) is 0.359. The van der Waals surface area contributed by atoms with Gasteiger partial charge in [0.2, 0.25) is 0 Å². The first-order chi connectivity index (χ1) is 9.63. The highest BCUT2D eigenvalue weighted by atomic mass is 35.5. The standard InChI is InChI=1S/C13H21ClN4O2/c1-17(6-7-20-2)9-10-4-3-5-18(10)11-8-15-16-13(19)12(11)14/h8,10H,3-7,9H2,1-2H3,(H,16,19). The molecule has 0 radical (unpaired) electrons. The van der Waals surface area contributed by atoms with Crippen LogP contribution in [0, 0.1) is 0 Å². The quantitative estimate of drug-likeness (QED) is 0.848. The number of rotatable bonds is 6. The molecule has 1 unspecified atom stereocenters. The molecule has 0 amide bonds. The van der Waals surface area contributed by atoms with Crippen molar-refractivity contribution in [1.82, 2.24) is 15.1 Å². The number of hydrogen-bond acceptors (Lipinski definition) is 5. The van der Waals surface area contributed by atoms with Crippen LogP contribution in [-0.4, -0.2) is 61.5 Å². The largest absolute Gasteiger partial charge is 0.383 e. The van der Waals surface area contributed by atoms with E-state index in [9.17, 15) is 4.79 Å². The Morgan fingerprint density at radius 3 is 3.20 bits per heavy atom. The molecule has 1 N–H and O–H groups in total. The van der Waals surface area contributed by atoms with Crippen LogP contribution in [0.1, 0.15) is 12.8 Å². The molecule has 1 saturated heterocycles. The first kappa shape index (κ1) is 15.3. The normalized spacial score (nSPS) is 19.0. The van der Waals surface area contributed by atoms with Gasteiger partial charge in [0, 0.05) is 32.8 Å². The minimum absolute atomic E-state index is 0.228. The van der Waals surface area contributed by atoms with Gasteiger partial charge in [-0.2, -0.15) is 5.10 Å². The fourth-order valence-electron chi connectivity index (χ4n) is 2.62. The van der Waals surface area contributed by atoms with Crippen LogP contribution in [0.4, 0.5) is 5.69 Å². The smallest absolute Gasteiger partial charge is 0.285 e. The lowest BCUT2D eigenvalue weighted by atomic mass is 10.2. The number of ether oxygens (including phenoxy) is 1. The van der Waals surface area contributed by atoms with Gasteiger partial charge in [-0.3, -0.25) is 4.79 Å². The van der Waals surface area contributed by atoms with Crippen LogP contribution in [0.5, 0.6) is 0 Å². The van der Waals surface area contributed by atoms with Gasteiger partial charge in [-0.15, -0.1) is 0 Å². The van der Waals surface area contributed by atoms with Crippen molar-refractivity contribution in [3.63, 3.8) is 0 Å². The fourth-order valence-corrected chi connectivity index (χ4v) is 2.81. The van der Waals surface area contributed by atoms with Crippen LogP contribution >= 0.6 is 11.6 Å². The van der Waals surface area contributed by atoms with Gasteiger partial charge < -0.3 is 14.5 Å². The summed E-state index contributed by atoms with van der Waals surface area (Å²) in [5, 5.41) is 6.44. The molecule has 112 valence electrons. The monoisotopic (exact) mass is 300 g/mol. The van der Waals surface area contributed by atoms with E-state index in [0.29, 0.717) is 6.04 Å². The van der Waals surface area contributed by atoms with E-state index in [1.54, 1.807) is 13.3 Å². The number of nitrogens with zero attached hydrogens (tertiary/aromatic N) is 3. The second-order valence-electron chi connectivity index (χ2n) is 5.14. The maximum Gasteiger partial charge on any atom is 0.285 e. The molecule has 1 aromatic heterocycles. The second kappa shape index (κ2) is 7.06. The molecule has 0 spiro atoms. The van der Waals surface area contributed by atoms with Crippen molar-refractivity contribution >= 4 is 17.3 Å². The van der Waals surface area contributed by atoms with Crippen LogP contribution in [0.25, 0.3) is 0 Å². The number of aromatic amines is 1. The third-order valence-electron chi connectivity index (χ3n) is 3.66. The summed E-state index contributed by atoms with van der Waals surface area (Å²) in [5.74, 6) is 0. The molecule has 0 aromatic carbocycles. The van der Waals surface area contributed by atoms with E-state index < -0.39 is 0 Å². The van der Waals surface area contributed by atoms with Crippen LogP contribution in [0.15, 0.2) is 11.0 Å². The molecule has 0 aliphatic carbocycles. The molecule has 6 nitrogen and oxygen atoms in total. The van der Waals surface area contributed by atoms with Crippen molar-refractivity contribution in [3.05, 3.63) is 21.6 Å². The first-order valence-electron chi connectivity index (χ1n) is 6.80. The van der Waals surface area contributed by atoms with Crippen LogP contribution in [0.2, 0.25) is 5.02 Å². The van der Waals surface area contributed by atoms with Gasteiger partial charge >= 0.3 is 0 Å². The van der Waals surface area contributed by atoms with Crippen LogP contribution < -0.4 is 10.5 Å². The highest BCUT2D eigenvalue weighted by Crippen LogP contribution is 2.29. The Balaban J connectivity index is 2.07. The summed E-state index contributed by atoms with van der Waals surface area (Å²) in [6.07, 6.45) is 3.84. The summed E-state index contributed by atoms with van der Waals surface area (Å²) in [5.41, 5.74) is 0.403. The molecule has 2 heterocycles. The molecule has 1 fully saturated rings. The predicted octanol–water partition coefficient (Wildman–Crippen LogP) is 0.970. The SMILES string of the molecule is COCCN(C)CC1CCCN1c1cn[nH]c(=O)c1Cl. The molecule has 1 atom stereocenters. The Kier molecular flexibility index (Phi) is 5.39. The highest BCUT2D eigenvalue weighted by Gasteiger charge is 2.28. The molecule has 7 heteroatoms. The zero-order valence-corrected chi connectivity index (χ0v) is 12.7. The van der Waals surface area contributed by atoms with E-state index in [0.717, 1.165) is 44.8 Å². The summed E-state index contributed by atoms with van der Waals surface area (Å²) >= 11 is 6.10. The van der Waals surface area contributed by atoms with Gasteiger partial charge in [-0.05, 0) is 19.9 Å². The summed E-state index contributed by atoms with van der Waals surface area (Å²) in [7, 11) is 3.78. The maximum atomic E-state index is 11.6. The molecule has 0 saturated carbocycles. The number of nitrogens with one attached hydrogen (secondary N) is 1. The highest BCUT2D eigenvalue weighted by molar-refractivity contribution is 6.33. The second-order valence-corrected chi connectivity index (χ2v) is 5.52. The zero-order chi connectivity index (χ0) is 14.5. The lowest BCUT2D eigenvalue weighted by Crippen LogP contribution is -2.40. The van der Waals surface area contributed by atoms with E-state index in [1.807, 2.05) is 0 Å². The van der Waals surface area contributed by atoms with E-state index in [1.165, 1.54) is 0 Å². The molecule has 1 aliphatic rings. The van der Waals surface area contributed by atoms with Crippen molar-refractivity contribution in [2.75, 3.05) is 45.3 Å². The van der Waals surface area contributed by atoms with Gasteiger partial charge in [-0.1, -0.05) is 11.6 Å². The van der Waals surface area contributed by atoms with E-state index in [-0.39, 0.29) is 10.6 Å². The molecule has 1 aromatic rings. The summed E-state index contributed by atoms with van der Waals surface area (Å²) in [4.78, 5) is 16.0. The third kappa shape index (κ3) is 3.50. The fraction of sp³-hybridized carbons (Fsp3) is 0.692. The Morgan fingerprint density at radius 2 is 2.45 bits per heavy atom. The number of aromatic nitrogens is 2. The van der Waals surface area contributed by atoms with Gasteiger partial charge in [0.25, 0.3) is 5.56 Å². The average Bonchev–Trinajstić information content (AvgIpc) is 2.87. The lowest BCUT2D eigenvalue weighted by molar-refractivity contribution is 0.158. The molecule has 1 aliphatic heterocycles. The lowest BCUT2D eigenvalue weighted by Gasteiger charge is -2.30. The van der Waals surface area contributed by atoms with E-state index in [4.69, 9.17) is 16.3 Å². The Bertz CT molecular complexity index is 494. The number of anilines is 1. The number of hydrogen-bond donors (Lipinski definition) is 1. The van der Waals surface area contributed by atoms with Crippen molar-refractivity contribution in [1.29, 1.82) is 0 Å². The van der Waals surface area contributed by atoms with Crippen molar-refractivity contribution in [3.8, 4) is 0 Å². The number of likely N-dealkylation sites (N-methyl/N-ethyl adjacent to an activating group) is 1. The minimum atomic E-state index is -0.331. The van der Waals surface area contributed by atoms with E-state index >= 15 is 0 Å². The Labute approximate surface area is 123 Å². The van der Waals surface area contributed by atoms with Gasteiger partial charge in [-0.25, -0.2) is 5.10 Å². The number of methoxy groups -OCH3 is 1. The van der Waals surface area contributed by atoms with Crippen molar-refractivity contribution in [2.45, 2.75) is 18.9 Å². The predicted molar refractivity (Wildman–Crippen MR) is 79.6 cm³/mol. The van der Waals surface area contributed by atoms with Crippen molar-refractivity contribution in [2.24, 2.45) is 0 Å². The third-order valence-corrected chi connectivity index (χ3v) is 4.03. The maximum absolute atomic E-state index is 11.6. The number of halogens is 1. The molecular formula is C13H21ClN4O2. The molecule has 20 heavy (non-hydrogen) atoms. The average molecular weight is 301 g/mol. The summed E-state index contributed by atoms with van der Waals surface area (Å²) in [6.45, 7) is 3.44. The van der Waals surface area contributed by atoms with Crippen LogP contribution in [-0.2, 0) is 4.74 Å². The zero-order valence-electron chi connectivity index (χ0n) is 11.9. The molecular weight excluding hydrogens is 280 g/mol. The Hall–Kier alpha value is -1.11. The van der Waals surface area contributed by atoms with E-state index in [2.05, 4.69) is 27.0 Å². The molecule has 0 bridgehead atoms. The van der Waals surface area contributed by atoms with Gasteiger partial charge in [0.05, 0.1) is 18.5 Å². The van der Waals surface area contributed by atoms with Crippen molar-refractivity contribution < 1.29 is 4.74 Å². The van der Waals surface area contributed by atoms with Crippen LogP contribution in [0.3, 0.4) is 0 Å². The Morgan fingerprint density at radius 1 is 1.65 bits per heavy atom. The minimum Gasteiger partial charge on any atom is -0.383 e. The topological polar surface area (TPSA) is 61.5 Å². The number of H-pyrrole nitrogens is 1. The first-order valence-corrected chi connectivity index (χ1v) is 7.18. The molecule has 2 rings (SSSR count). The summed E-state index contributed by atoms with van der Waals surface area (Å²) < 4.78 is 5.09.